The zero-order valence-electron chi connectivity index (χ0n) is 17.3. The lowest BCUT2D eigenvalue weighted by Gasteiger charge is -2.13. The summed E-state index contributed by atoms with van der Waals surface area (Å²) in [5, 5.41) is 2.91. The molecular formula is C23H24N4O3. The van der Waals surface area contributed by atoms with Crippen LogP contribution in [0.25, 0.3) is 11.3 Å². The molecule has 1 N–H and O–H groups in total. The number of aromatic nitrogens is 2. The first-order valence-electron chi connectivity index (χ1n) is 9.46. The molecular weight excluding hydrogens is 380 g/mol. The highest BCUT2D eigenvalue weighted by Gasteiger charge is 2.16. The molecule has 0 saturated carbocycles. The van der Waals surface area contributed by atoms with Gasteiger partial charge in [0.25, 0.3) is 11.8 Å². The van der Waals surface area contributed by atoms with Crippen molar-refractivity contribution < 1.29 is 14.3 Å². The van der Waals surface area contributed by atoms with E-state index in [1.807, 2.05) is 36.4 Å². The number of carbonyl (C=O) groups excluding carboxylic acids is 2. The topological polar surface area (TPSA) is 84.4 Å². The number of nitrogens with zero attached hydrogens (tertiary/aromatic N) is 3. The lowest BCUT2D eigenvalue weighted by Crippen LogP contribution is -2.23. The quantitative estimate of drug-likeness (QED) is 0.655. The van der Waals surface area contributed by atoms with Crippen LogP contribution in [0.1, 0.15) is 31.8 Å². The fourth-order valence-corrected chi connectivity index (χ4v) is 2.94. The first kappa shape index (κ1) is 21.1. The Labute approximate surface area is 175 Å². The normalized spacial score (nSPS) is 10.5. The van der Waals surface area contributed by atoms with E-state index in [9.17, 15) is 9.59 Å². The summed E-state index contributed by atoms with van der Waals surface area (Å²) < 4.78 is 5.08. The first-order chi connectivity index (χ1) is 14.5. The molecule has 1 heterocycles. The standard InChI is InChI=1S/C23H24N4O3/c1-27(2)23(29)20-13-24-15-26-21(20)18-8-4-16(5-9-18)12-25-22(28)19-10-6-17(7-11-19)14-30-3/h4-11,13,15H,12,14H2,1-3H3,(H,25,28). The van der Waals surface area contributed by atoms with Crippen molar-refractivity contribution >= 4 is 11.8 Å². The Balaban J connectivity index is 1.67. The van der Waals surface area contributed by atoms with Gasteiger partial charge in [0, 0.05) is 45.1 Å². The van der Waals surface area contributed by atoms with E-state index in [2.05, 4.69) is 15.3 Å². The van der Waals surface area contributed by atoms with Gasteiger partial charge in [-0.2, -0.15) is 0 Å². The molecule has 0 spiro atoms. The Morgan fingerprint density at radius 1 is 1.00 bits per heavy atom. The van der Waals surface area contributed by atoms with Gasteiger partial charge in [-0.3, -0.25) is 9.59 Å². The SMILES string of the molecule is COCc1ccc(C(=O)NCc2ccc(-c3ncncc3C(=O)N(C)C)cc2)cc1. The summed E-state index contributed by atoms with van der Waals surface area (Å²) >= 11 is 0. The van der Waals surface area contributed by atoms with E-state index in [0.29, 0.717) is 30.0 Å². The van der Waals surface area contributed by atoms with E-state index in [1.165, 1.54) is 17.4 Å². The highest BCUT2D eigenvalue weighted by atomic mass is 16.5. The Bertz CT molecular complexity index is 1020. The van der Waals surface area contributed by atoms with Crippen LogP contribution in [0.5, 0.6) is 0 Å². The summed E-state index contributed by atoms with van der Waals surface area (Å²) in [6.45, 7) is 0.911. The molecule has 0 aliphatic carbocycles. The van der Waals surface area contributed by atoms with Crippen LogP contribution in [0.4, 0.5) is 0 Å². The third kappa shape index (κ3) is 5.07. The molecule has 0 atom stereocenters. The molecule has 0 saturated heterocycles. The Kier molecular flexibility index (Phi) is 6.87. The summed E-state index contributed by atoms with van der Waals surface area (Å²) in [6.07, 6.45) is 2.95. The van der Waals surface area contributed by atoms with Crippen molar-refractivity contribution in [2.75, 3.05) is 21.2 Å². The number of rotatable bonds is 7. The minimum absolute atomic E-state index is 0.141. The first-order valence-corrected chi connectivity index (χ1v) is 9.46. The van der Waals surface area contributed by atoms with Crippen LogP contribution in [0.15, 0.2) is 61.1 Å². The molecule has 154 valence electrons. The zero-order valence-corrected chi connectivity index (χ0v) is 17.3. The van der Waals surface area contributed by atoms with Crippen LogP contribution < -0.4 is 5.32 Å². The summed E-state index contributed by atoms with van der Waals surface area (Å²) in [7, 11) is 5.02. The predicted octanol–water partition coefficient (Wildman–Crippen LogP) is 2.92. The number of carbonyl (C=O) groups is 2. The van der Waals surface area contributed by atoms with Gasteiger partial charge in [-0.05, 0) is 23.3 Å². The van der Waals surface area contributed by atoms with Gasteiger partial charge in [-0.15, -0.1) is 0 Å². The molecule has 2 aromatic carbocycles. The second-order valence-electron chi connectivity index (χ2n) is 6.99. The molecule has 3 rings (SSSR count). The van der Waals surface area contributed by atoms with Crippen molar-refractivity contribution in [3.05, 3.63) is 83.3 Å². The van der Waals surface area contributed by atoms with Crippen LogP contribution in [0, 0.1) is 0 Å². The largest absolute Gasteiger partial charge is 0.380 e. The van der Waals surface area contributed by atoms with Gasteiger partial charge in [0.2, 0.25) is 0 Å². The zero-order chi connectivity index (χ0) is 21.5. The molecule has 0 radical (unpaired) electrons. The summed E-state index contributed by atoms with van der Waals surface area (Å²) in [6, 6.07) is 14.9. The third-order valence-corrected chi connectivity index (χ3v) is 4.56. The second-order valence-corrected chi connectivity index (χ2v) is 6.99. The van der Waals surface area contributed by atoms with Crippen molar-refractivity contribution in [3.8, 4) is 11.3 Å². The number of methoxy groups -OCH3 is 1. The van der Waals surface area contributed by atoms with E-state index in [4.69, 9.17) is 4.74 Å². The van der Waals surface area contributed by atoms with E-state index in [-0.39, 0.29) is 11.8 Å². The number of hydrogen-bond acceptors (Lipinski definition) is 5. The average molecular weight is 404 g/mol. The minimum atomic E-state index is -0.154. The van der Waals surface area contributed by atoms with Gasteiger partial charge in [0.15, 0.2) is 0 Å². The van der Waals surface area contributed by atoms with Gasteiger partial charge in [0.05, 0.1) is 17.9 Å². The monoisotopic (exact) mass is 404 g/mol. The highest BCUT2D eigenvalue weighted by molar-refractivity contribution is 5.99. The van der Waals surface area contributed by atoms with Crippen LogP contribution in [-0.4, -0.2) is 47.9 Å². The van der Waals surface area contributed by atoms with E-state index in [0.717, 1.165) is 16.7 Å². The molecule has 0 aliphatic rings. The smallest absolute Gasteiger partial charge is 0.257 e. The third-order valence-electron chi connectivity index (χ3n) is 4.56. The molecule has 30 heavy (non-hydrogen) atoms. The number of benzene rings is 2. The van der Waals surface area contributed by atoms with Crippen LogP contribution in [0.3, 0.4) is 0 Å². The van der Waals surface area contributed by atoms with Crippen molar-refractivity contribution in [1.29, 1.82) is 0 Å². The van der Waals surface area contributed by atoms with Crippen molar-refractivity contribution in [3.63, 3.8) is 0 Å². The number of nitrogens with one attached hydrogen (secondary N) is 1. The maximum absolute atomic E-state index is 12.4. The van der Waals surface area contributed by atoms with Crippen LogP contribution in [0.2, 0.25) is 0 Å². The molecule has 0 aliphatic heterocycles. The summed E-state index contributed by atoms with van der Waals surface area (Å²) in [5.74, 6) is -0.295. The molecule has 1 aromatic heterocycles. The molecule has 2 amide bonds. The van der Waals surface area contributed by atoms with E-state index >= 15 is 0 Å². The molecule has 0 unspecified atom stereocenters. The van der Waals surface area contributed by atoms with Crippen molar-refractivity contribution in [1.82, 2.24) is 20.2 Å². The van der Waals surface area contributed by atoms with Gasteiger partial charge in [-0.1, -0.05) is 36.4 Å². The fraction of sp³-hybridized carbons (Fsp3) is 0.217. The Hall–Kier alpha value is -3.58. The number of amides is 2. The molecule has 7 nitrogen and oxygen atoms in total. The van der Waals surface area contributed by atoms with Gasteiger partial charge in [-0.25, -0.2) is 9.97 Å². The fourth-order valence-electron chi connectivity index (χ4n) is 2.94. The average Bonchev–Trinajstić information content (AvgIpc) is 2.78. The molecule has 0 bridgehead atoms. The maximum atomic E-state index is 12.4. The van der Waals surface area contributed by atoms with Crippen molar-refractivity contribution in [2.45, 2.75) is 13.2 Å². The van der Waals surface area contributed by atoms with Crippen LogP contribution in [-0.2, 0) is 17.9 Å². The van der Waals surface area contributed by atoms with Gasteiger partial charge < -0.3 is 15.0 Å². The Morgan fingerprint density at radius 3 is 2.30 bits per heavy atom. The maximum Gasteiger partial charge on any atom is 0.257 e. The van der Waals surface area contributed by atoms with Crippen LogP contribution >= 0.6 is 0 Å². The lowest BCUT2D eigenvalue weighted by atomic mass is 10.0. The van der Waals surface area contributed by atoms with Crippen molar-refractivity contribution in [2.24, 2.45) is 0 Å². The number of hydrogen-bond donors (Lipinski definition) is 1. The molecule has 7 heteroatoms. The van der Waals surface area contributed by atoms with E-state index in [1.54, 1.807) is 33.3 Å². The number of ether oxygens (including phenoxy) is 1. The van der Waals surface area contributed by atoms with E-state index < -0.39 is 0 Å². The Morgan fingerprint density at radius 2 is 1.67 bits per heavy atom. The highest BCUT2D eigenvalue weighted by Crippen LogP contribution is 2.22. The minimum Gasteiger partial charge on any atom is -0.380 e. The summed E-state index contributed by atoms with van der Waals surface area (Å²) in [4.78, 5) is 34.5. The summed E-state index contributed by atoms with van der Waals surface area (Å²) in [5.41, 5.74) is 4.39. The van der Waals surface area contributed by atoms with Gasteiger partial charge >= 0.3 is 0 Å². The van der Waals surface area contributed by atoms with Gasteiger partial charge in [0.1, 0.15) is 6.33 Å². The molecule has 3 aromatic rings. The lowest BCUT2D eigenvalue weighted by molar-refractivity contribution is 0.0827. The molecule has 0 fully saturated rings. The second kappa shape index (κ2) is 9.76. The predicted molar refractivity (Wildman–Crippen MR) is 114 cm³/mol.